The third kappa shape index (κ3) is 6.88. The SMILES string of the molecule is O=CC(O)CO.O=[P+](O)C(O)c1ccccc1. The minimum absolute atomic E-state index is 0.278. The number of hydrogen-bond donors (Lipinski definition) is 4. The molecule has 94 valence electrons. The summed E-state index contributed by atoms with van der Waals surface area (Å²) in [6.45, 7) is -0.483. The Labute approximate surface area is 99.0 Å². The summed E-state index contributed by atoms with van der Waals surface area (Å²) in [5.41, 5.74) is 0.469. The number of carbonyl (C=O) groups excluding carboxylic acids is 1. The highest BCUT2D eigenvalue weighted by atomic mass is 31.1. The standard InChI is InChI=1S/C7H7O3P.C3H6O3/c8-7(11(9)10)6-4-2-1-3-5-6;4-1-3(6)2-5/h1-5,7-8H;1,3,5-6H,2H2/p+1. The molecule has 0 bridgehead atoms. The van der Waals surface area contributed by atoms with Crippen LogP contribution in [0.4, 0.5) is 0 Å². The number of aliphatic hydroxyl groups is 3. The predicted molar refractivity (Wildman–Crippen MR) is 60.4 cm³/mol. The second kappa shape index (κ2) is 8.92. The lowest BCUT2D eigenvalue weighted by molar-refractivity contribution is -0.116. The van der Waals surface area contributed by atoms with Crippen molar-refractivity contribution >= 4 is 14.3 Å². The number of benzene rings is 1. The maximum Gasteiger partial charge on any atom is 0.542 e. The van der Waals surface area contributed by atoms with Gasteiger partial charge in [-0.1, -0.05) is 30.3 Å². The van der Waals surface area contributed by atoms with Crippen LogP contribution in [0.15, 0.2) is 30.3 Å². The number of aliphatic hydroxyl groups excluding tert-OH is 3. The first-order chi connectivity index (χ1) is 8.02. The van der Waals surface area contributed by atoms with Crippen LogP contribution in [0.2, 0.25) is 0 Å². The predicted octanol–water partition coefficient (Wildman–Crippen LogP) is -0.0493. The van der Waals surface area contributed by atoms with Crippen molar-refractivity contribution in [2.45, 2.75) is 11.9 Å². The van der Waals surface area contributed by atoms with Crippen molar-refractivity contribution in [3.05, 3.63) is 35.9 Å². The van der Waals surface area contributed by atoms with E-state index in [0.717, 1.165) is 0 Å². The van der Waals surface area contributed by atoms with Gasteiger partial charge in [0.15, 0.2) is 6.29 Å². The molecule has 1 rings (SSSR count). The summed E-state index contributed by atoms with van der Waals surface area (Å²) < 4.78 is 10.4. The zero-order chi connectivity index (χ0) is 13.3. The average Bonchev–Trinajstić information content (AvgIpc) is 2.38. The minimum Gasteiger partial charge on any atom is -0.393 e. The van der Waals surface area contributed by atoms with E-state index in [1.54, 1.807) is 30.3 Å². The van der Waals surface area contributed by atoms with Crippen LogP contribution in [-0.2, 0) is 9.36 Å². The molecule has 0 aliphatic rings. The van der Waals surface area contributed by atoms with E-state index in [1.165, 1.54) is 0 Å². The normalized spacial score (nSPS) is 14.0. The molecule has 3 unspecified atom stereocenters. The highest BCUT2D eigenvalue weighted by Gasteiger charge is 2.27. The molecule has 0 aliphatic heterocycles. The molecule has 17 heavy (non-hydrogen) atoms. The summed E-state index contributed by atoms with van der Waals surface area (Å²) in [5, 5.41) is 25.0. The van der Waals surface area contributed by atoms with Crippen molar-refractivity contribution in [1.82, 2.24) is 0 Å². The fourth-order valence-corrected chi connectivity index (χ4v) is 1.22. The number of rotatable bonds is 4. The molecule has 0 amide bonds. The molecule has 0 saturated heterocycles. The van der Waals surface area contributed by atoms with E-state index in [0.29, 0.717) is 5.56 Å². The van der Waals surface area contributed by atoms with E-state index in [2.05, 4.69) is 0 Å². The van der Waals surface area contributed by atoms with Gasteiger partial charge in [-0.3, -0.25) is 0 Å². The molecular weight excluding hydrogens is 247 g/mol. The highest BCUT2D eigenvalue weighted by Crippen LogP contribution is 2.34. The first-order valence-electron chi connectivity index (χ1n) is 4.65. The van der Waals surface area contributed by atoms with Crippen LogP contribution in [-0.4, -0.2) is 39.2 Å². The van der Waals surface area contributed by atoms with E-state index in [4.69, 9.17) is 20.2 Å². The largest absolute Gasteiger partial charge is 0.542 e. The maximum atomic E-state index is 10.4. The number of carbonyl (C=O) groups is 1. The van der Waals surface area contributed by atoms with Crippen molar-refractivity contribution in [2.24, 2.45) is 0 Å². The molecule has 0 saturated carbocycles. The Hall–Kier alpha value is -1.17. The van der Waals surface area contributed by atoms with Crippen LogP contribution in [0.1, 0.15) is 11.4 Å². The first kappa shape index (κ1) is 15.8. The van der Waals surface area contributed by atoms with E-state index in [-0.39, 0.29) is 6.29 Å². The first-order valence-corrected chi connectivity index (χ1v) is 5.93. The zero-order valence-electron chi connectivity index (χ0n) is 8.88. The second-order valence-corrected chi connectivity index (χ2v) is 4.07. The lowest BCUT2D eigenvalue weighted by atomic mass is 10.2. The van der Waals surface area contributed by atoms with Crippen molar-refractivity contribution in [2.75, 3.05) is 6.61 Å². The smallest absolute Gasteiger partial charge is 0.393 e. The van der Waals surface area contributed by atoms with Crippen molar-refractivity contribution < 1.29 is 29.6 Å². The molecule has 0 aromatic heterocycles. The Morgan fingerprint density at radius 3 is 2.06 bits per heavy atom. The molecule has 0 radical (unpaired) electrons. The van der Waals surface area contributed by atoms with Gasteiger partial charge in [-0.2, -0.15) is 4.89 Å². The third-order valence-electron chi connectivity index (χ3n) is 1.65. The summed E-state index contributed by atoms with van der Waals surface area (Å²) >= 11 is 0. The van der Waals surface area contributed by atoms with Crippen molar-refractivity contribution in [1.29, 1.82) is 0 Å². The van der Waals surface area contributed by atoms with E-state index in [9.17, 15) is 9.36 Å². The molecule has 0 heterocycles. The highest BCUT2D eigenvalue weighted by molar-refractivity contribution is 7.38. The summed E-state index contributed by atoms with van der Waals surface area (Å²) in [6, 6.07) is 8.40. The lowest BCUT2D eigenvalue weighted by Crippen LogP contribution is -2.12. The molecule has 4 N–H and O–H groups in total. The van der Waals surface area contributed by atoms with Crippen LogP contribution >= 0.6 is 8.03 Å². The van der Waals surface area contributed by atoms with Crippen LogP contribution in [0.3, 0.4) is 0 Å². The third-order valence-corrected chi connectivity index (χ3v) is 2.37. The van der Waals surface area contributed by atoms with Gasteiger partial charge in [0.1, 0.15) is 6.10 Å². The van der Waals surface area contributed by atoms with E-state index >= 15 is 0 Å². The summed E-state index contributed by atoms with van der Waals surface area (Å²) in [7, 11) is -2.53. The molecular formula is C10H14O6P+. The fraction of sp³-hybridized carbons (Fsp3) is 0.300. The van der Waals surface area contributed by atoms with Gasteiger partial charge in [-0.25, -0.2) is 0 Å². The van der Waals surface area contributed by atoms with Gasteiger partial charge in [0.2, 0.25) is 0 Å². The summed E-state index contributed by atoms with van der Waals surface area (Å²) in [4.78, 5) is 17.9. The van der Waals surface area contributed by atoms with Gasteiger partial charge in [-0.05, 0) is 4.57 Å². The summed E-state index contributed by atoms with van der Waals surface area (Å²) in [6.07, 6.45) is -0.912. The van der Waals surface area contributed by atoms with Gasteiger partial charge < -0.3 is 20.1 Å². The topological polar surface area (TPSA) is 115 Å². The lowest BCUT2D eigenvalue weighted by Gasteiger charge is -1.94. The Bertz CT molecular complexity index is 342. The van der Waals surface area contributed by atoms with Crippen LogP contribution < -0.4 is 0 Å². The van der Waals surface area contributed by atoms with Gasteiger partial charge >= 0.3 is 13.9 Å². The molecule has 0 aliphatic carbocycles. The van der Waals surface area contributed by atoms with Gasteiger partial charge in [0.25, 0.3) is 0 Å². The van der Waals surface area contributed by atoms with Gasteiger partial charge in [0, 0.05) is 5.56 Å². The molecule has 1 aromatic rings. The molecule has 6 nitrogen and oxygen atoms in total. The number of aldehydes is 1. The summed E-state index contributed by atoms with van der Waals surface area (Å²) in [5.74, 6) is -1.26. The van der Waals surface area contributed by atoms with Crippen LogP contribution in [0.5, 0.6) is 0 Å². The molecule has 0 spiro atoms. The Morgan fingerprint density at radius 1 is 1.24 bits per heavy atom. The van der Waals surface area contributed by atoms with Crippen LogP contribution in [0, 0.1) is 0 Å². The zero-order valence-corrected chi connectivity index (χ0v) is 9.77. The second-order valence-electron chi connectivity index (χ2n) is 2.97. The van der Waals surface area contributed by atoms with E-state index < -0.39 is 26.6 Å². The Kier molecular flexibility index (Phi) is 8.31. The monoisotopic (exact) mass is 261 g/mol. The van der Waals surface area contributed by atoms with Crippen LogP contribution in [0.25, 0.3) is 0 Å². The Morgan fingerprint density at radius 2 is 1.76 bits per heavy atom. The molecule has 0 fully saturated rings. The van der Waals surface area contributed by atoms with Crippen molar-refractivity contribution in [3.63, 3.8) is 0 Å². The van der Waals surface area contributed by atoms with E-state index in [1.807, 2.05) is 0 Å². The number of hydrogen-bond acceptors (Lipinski definition) is 5. The van der Waals surface area contributed by atoms with Gasteiger partial charge in [-0.15, -0.1) is 0 Å². The minimum atomic E-state index is -2.53. The molecule has 7 heteroatoms. The fourth-order valence-electron chi connectivity index (χ4n) is 0.796. The Balaban J connectivity index is 0.000000366. The average molecular weight is 261 g/mol. The molecule has 3 atom stereocenters. The maximum absolute atomic E-state index is 10.4. The quantitative estimate of drug-likeness (QED) is 0.446. The van der Waals surface area contributed by atoms with Crippen molar-refractivity contribution in [3.8, 4) is 0 Å². The van der Waals surface area contributed by atoms with Gasteiger partial charge in [0.05, 0.1) is 6.61 Å². The molecule has 1 aromatic carbocycles.